The molecule has 2 saturated heterocycles. The van der Waals surface area contributed by atoms with E-state index in [0.717, 1.165) is 50.1 Å². The largest absolute Gasteiger partial charge is 0.484 e. The third-order valence-corrected chi connectivity index (χ3v) is 5.80. The number of carbonyl (C=O) groups is 2. The quantitative estimate of drug-likeness (QED) is 0.847. The first kappa shape index (κ1) is 17.8. The van der Waals surface area contributed by atoms with Crippen molar-refractivity contribution in [2.24, 2.45) is 0 Å². The average molecular weight is 344 g/mol. The van der Waals surface area contributed by atoms with Crippen LogP contribution in [0.15, 0.2) is 24.3 Å². The molecule has 2 atom stereocenters. The molecule has 0 aliphatic carbocycles. The van der Waals surface area contributed by atoms with E-state index in [9.17, 15) is 9.59 Å². The van der Waals surface area contributed by atoms with E-state index in [4.69, 9.17) is 4.74 Å². The number of para-hydroxylation sites is 1. The van der Waals surface area contributed by atoms with Gasteiger partial charge in [0.15, 0.2) is 6.61 Å². The summed E-state index contributed by atoms with van der Waals surface area (Å²) in [5.41, 5.74) is 0.743. The van der Waals surface area contributed by atoms with E-state index in [1.807, 2.05) is 41.0 Å². The van der Waals surface area contributed by atoms with E-state index in [1.165, 1.54) is 0 Å². The molecule has 2 heterocycles. The number of nitrogens with zero attached hydrogens (tertiary/aromatic N) is 2. The van der Waals surface area contributed by atoms with Crippen LogP contribution in [0.5, 0.6) is 5.75 Å². The molecule has 1 aromatic rings. The summed E-state index contributed by atoms with van der Waals surface area (Å²) >= 11 is 0. The zero-order valence-electron chi connectivity index (χ0n) is 15.5. The fraction of sp³-hybridized carbons (Fsp3) is 0.600. The molecule has 2 amide bonds. The first-order valence-corrected chi connectivity index (χ1v) is 9.19. The molecule has 0 radical (unpaired) electrons. The lowest BCUT2D eigenvalue weighted by atomic mass is 9.76. The van der Waals surface area contributed by atoms with Gasteiger partial charge in [-0.2, -0.15) is 0 Å². The number of amides is 2. The molecular formula is C20H28N2O3. The Labute approximate surface area is 149 Å². The number of benzene rings is 1. The zero-order chi connectivity index (χ0) is 18.0. The number of piperidine rings is 2. The first-order chi connectivity index (χ1) is 11.9. The van der Waals surface area contributed by atoms with Gasteiger partial charge in [-0.05, 0) is 51.2 Å². The van der Waals surface area contributed by atoms with Crippen LogP contribution in [-0.4, -0.2) is 52.9 Å². The Balaban J connectivity index is 1.73. The first-order valence-electron chi connectivity index (χ1n) is 9.19. The number of aryl methyl sites for hydroxylation is 1. The van der Waals surface area contributed by atoms with Crippen LogP contribution < -0.4 is 4.74 Å². The summed E-state index contributed by atoms with van der Waals surface area (Å²) in [6, 6.07) is 7.86. The standard InChI is InChI=1S/C20H28N2O3/c1-15-8-4-5-9-17(15)25-14-19(24)22-13-6-10-18-20(22,3)11-7-12-21(18)16(2)23/h4-5,8-9,18H,6-7,10-14H2,1-3H3/t18-,20+/m1/s1. The summed E-state index contributed by atoms with van der Waals surface area (Å²) in [6.45, 7) is 7.34. The van der Waals surface area contributed by atoms with Crippen molar-refractivity contribution < 1.29 is 14.3 Å². The number of likely N-dealkylation sites (tertiary alicyclic amines) is 2. The fourth-order valence-corrected chi connectivity index (χ4v) is 4.47. The average Bonchev–Trinajstić information content (AvgIpc) is 2.59. The molecule has 0 saturated carbocycles. The monoisotopic (exact) mass is 344 g/mol. The summed E-state index contributed by atoms with van der Waals surface area (Å²) in [5.74, 6) is 0.880. The van der Waals surface area contributed by atoms with E-state index in [0.29, 0.717) is 0 Å². The predicted molar refractivity (Wildman–Crippen MR) is 96.4 cm³/mol. The van der Waals surface area contributed by atoms with E-state index >= 15 is 0 Å². The topological polar surface area (TPSA) is 49.9 Å². The predicted octanol–water partition coefficient (Wildman–Crippen LogP) is 2.77. The SMILES string of the molecule is CC(=O)N1CCC[C@@]2(C)[C@H]1CCCN2C(=O)COc1ccccc1C. The van der Waals surface area contributed by atoms with Crippen molar-refractivity contribution >= 4 is 11.8 Å². The van der Waals surface area contributed by atoms with Gasteiger partial charge in [-0.15, -0.1) is 0 Å². The van der Waals surface area contributed by atoms with Crippen LogP contribution in [0, 0.1) is 6.92 Å². The van der Waals surface area contributed by atoms with Gasteiger partial charge in [-0.1, -0.05) is 18.2 Å². The highest BCUT2D eigenvalue weighted by molar-refractivity contribution is 5.79. The second-order valence-corrected chi connectivity index (χ2v) is 7.43. The number of hydrogen-bond acceptors (Lipinski definition) is 3. The van der Waals surface area contributed by atoms with Crippen LogP contribution in [0.1, 0.15) is 45.1 Å². The molecule has 0 unspecified atom stereocenters. The molecule has 25 heavy (non-hydrogen) atoms. The Morgan fingerprint density at radius 2 is 2.00 bits per heavy atom. The highest BCUT2D eigenvalue weighted by Crippen LogP contribution is 2.39. The number of hydrogen-bond donors (Lipinski definition) is 0. The van der Waals surface area contributed by atoms with Gasteiger partial charge in [0.2, 0.25) is 5.91 Å². The van der Waals surface area contributed by atoms with Crippen molar-refractivity contribution in [1.29, 1.82) is 0 Å². The lowest BCUT2D eigenvalue weighted by Gasteiger charge is -2.56. The highest BCUT2D eigenvalue weighted by atomic mass is 16.5. The van der Waals surface area contributed by atoms with Gasteiger partial charge in [-0.3, -0.25) is 9.59 Å². The van der Waals surface area contributed by atoms with Crippen molar-refractivity contribution in [3.63, 3.8) is 0 Å². The minimum Gasteiger partial charge on any atom is -0.484 e. The van der Waals surface area contributed by atoms with Gasteiger partial charge in [0.25, 0.3) is 5.91 Å². The van der Waals surface area contributed by atoms with Crippen molar-refractivity contribution in [2.75, 3.05) is 19.7 Å². The summed E-state index contributed by atoms with van der Waals surface area (Å²) in [5, 5.41) is 0. The Morgan fingerprint density at radius 1 is 1.24 bits per heavy atom. The van der Waals surface area contributed by atoms with E-state index in [1.54, 1.807) is 6.92 Å². The van der Waals surface area contributed by atoms with Gasteiger partial charge < -0.3 is 14.5 Å². The highest BCUT2D eigenvalue weighted by Gasteiger charge is 2.49. The minimum absolute atomic E-state index is 0.0147. The van der Waals surface area contributed by atoms with Gasteiger partial charge in [0.1, 0.15) is 5.75 Å². The minimum atomic E-state index is -0.283. The number of rotatable bonds is 3. The maximum absolute atomic E-state index is 12.9. The van der Waals surface area contributed by atoms with Gasteiger partial charge in [-0.25, -0.2) is 0 Å². The zero-order valence-corrected chi connectivity index (χ0v) is 15.5. The van der Waals surface area contributed by atoms with Gasteiger partial charge >= 0.3 is 0 Å². The third-order valence-electron chi connectivity index (χ3n) is 5.80. The second kappa shape index (κ2) is 7.06. The smallest absolute Gasteiger partial charge is 0.261 e. The van der Waals surface area contributed by atoms with Gasteiger partial charge in [0, 0.05) is 20.0 Å². The van der Waals surface area contributed by atoms with Crippen LogP contribution in [0.2, 0.25) is 0 Å². The molecule has 2 aliphatic heterocycles. The lowest BCUT2D eigenvalue weighted by Crippen LogP contribution is -2.68. The third kappa shape index (κ3) is 3.37. The van der Waals surface area contributed by atoms with Crippen LogP contribution >= 0.6 is 0 Å². The Bertz CT molecular complexity index is 660. The van der Waals surface area contributed by atoms with E-state index < -0.39 is 0 Å². The molecule has 3 rings (SSSR count). The Kier molecular flexibility index (Phi) is 5.02. The molecule has 5 nitrogen and oxygen atoms in total. The molecule has 2 aliphatic rings. The van der Waals surface area contributed by atoms with Crippen molar-refractivity contribution in [3.05, 3.63) is 29.8 Å². The number of fused-ring (bicyclic) bond motifs is 1. The van der Waals surface area contributed by atoms with Crippen LogP contribution in [-0.2, 0) is 9.59 Å². The molecule has 0 aromatic heterocycles. The number of ether oxygens (including phenoxy) is 1. The van der Waals surface area contributed by atoms with Crippen LogP contribution in [0.3, 0.4) is 0 Å². The van der Waals surface area contributed by atoms with Crippen molar-refractivity contribution in [3.8, 4) is 5.75 Å². The maximum atomic E-state index is 12.9. The van der Waals surface area contributed by atoms with Crippen molar-refractivity contribution in [2.45, 2.75) is 58.0 Å². The second-order valence-electron chi connectivity index (χ2n) is 7.43. The maximum Gasteiger partial charge on any atom is 0.261 e. The molecule has 136 valence electrons. The van der Waals surface area contributed by atoms with Crippen LogP contribution in [0.25, 0.3) is 0 Å². The molecule has 1 aromatic carbocycles. The van der Waals surface area contributed by atoms with E-state index in [-0.39, 0.29) is 30.0 Å². The summed E-state index contributed by atoms with van der Waals surface area (Å²) < 4.78 is 5.78. The summed E-state index contributed by atoms with van der Waals surface area (Å²) in [7, 11) is 0. The normalized spacial score (nSPS) is 26.1. The summed E-state index contributed by atoms with van der Waals surface area (Å²) in [4.78, 5) is 28.9. The molecule has 0 N–H and O–H groups in total. The molecular weight excluding hydrogens is 316 g/mol. The van der Waals surface area contributed by atoms with Gasteiger partial charge in [0.05, 0.1) is 11.6 Å². The fourth-order valence-electron chi connectivity index (χ4n) is 4.47. The van der Waals surface area contributed by atoms with E-state index in [2.05, 4.69) is 6.92 Å². The Hall–Kier alpha value is -2.04. The number of carbonyl (C=O) groups excluding carboxylic acids is 2. The van der Waals surface area contributed by atoms with Crippen LogP contribution in [0.4, 0.5) is 0 Å². The Morgan fingerprint density at radius 3 is 2.72 bits per heavy atom. The molecule has 0 spiro atoms. The summed E-state index contributed by atoms with van der Waals surface area (Å²) in [6.07, 6.45) is 3.78. The molecule has 0 bridgehead atoms. The molecule has 2 fully saturated rings. The lowest BCUT2D eigenvalue weighted by molar-refractivity contribution is -0.156. The molecule has 5 heteroatoms. The van der Waals surface area contributed by atoms with Crippen molar-refractivity contribution in [1.82, 2.24) is 9.80 Å².